The molecule has 4 heteroatoms. The van der Waals surface area contributed by atoms with E-state index in [0.717, 1.165) is 28.8 Å². The van der Waals surface area contributed by atoms with Crippen molar-refractivity contribution in [1.82, 2.24) is 14.5 Å². The number of hydrogen-bond donors (Lipinski definition) is 0. The Bertz CT molecular complexity index is 873. The van der Waals surface area contributed by atoms with Gasteiger partial charge in [-0.1, -0.05) is 24.3 Å². The van der Waals surface area contributed by atoms with Crippen LogP contribution in [0.5, 0.6) is 0 Å². The van der Waals surface area contributed by atoms with Crippen molar-refractivity contribution < 1.29 is 0 Å². The summed E-state index contributed by atoms with van der Waals surface area (Å²) in [6.45, 7) is 0.851. The first-order valence-corrected chi connectivity index (χ1v) is 7.67. The summed E-state index contributed by atoms with van der Waals surface area (Å²) in [5, 5.41) is 3.24. The van der Waals surface area contributed by atoms with Crippen LogP contribution in [0.3, 0.4) is 0 Å². The summed E-state index contributed by atoms with van der Waals surface area (Å²) in [7, 11) is 0. The summed E-state index contributed by atoms with van der Waals surface area (Å²) in [4.78, 5) is 10.3. The number of para-hydroxylation sites is 1. The third-order valence-electron chi connectivity index (χ3n) is 3.51. The van der Waals surface area contributed by atoms with Crippen LogP contribution >= 0.6 is 11.3 Å². The number of rotatable bonds is 3. The summed E-state index contributed by atoms with van der Waals surface area (Å²) in [6, 6.07) is 14.5. The highest BCUT2D eigenvalue weighted by atomic mass is 32.1. The predicted octanol–water partition coefficient (Wildman–Crippen LogP) is 4.21. The highest BCUT2D eigenvalue weighted by Crippen LogP contribution is 2.26. The number of aromatic nitrogens is 3. The van der Waals surface area contributed by atoms with E-state index in [9.17, 15) is 0 Å². The second-order valence-corrected chi connectivity index (χ2v) is 5.87. The molecule has 3 heterocycles. The molecule has 3 aromatic heterocycles. The second kappa shape index (κ2) is 5.14. The van der Waals surface area contributed by atoms with Gasteiger partial charge in [-0.3, -0.25) is 4.98 Å². The lowest BCUT2D eigenvalue weighted by Crippen LogP contribution is -2.00. The Balaban J connectivity index is 1.84. The number of hydrogen-bond acceptors (Lipinski definition) is 3. The van der Waals surface area contributed by atoms with Gasteiger partial charge in [0.15, 0.2) is 0 Å². The molecule has 3 nitrogen and oxygen atoms in total. The Morgan fingerprint density at radius 1 is 0.952 bits per heavy atom. The number of nitrogens with zero attached hydrogens (tertiary/aromatic N) is 3. The van der Waals surface area contributed by atoms with Gasteiger partial charge in [0, 0.05) is 34.4 Å². The molecule has 0 saturated carbocycles. The van der Waals surface area contributed by atoms with Gasteiger partial charge in [0.05, 0.1) is 12.1 Å². The van der Waals surface area contributed by atoms with E-state index in [-0.39, 0.29) is 0 Å². The normalized spacial score (nSPS) is 11.0. The molecule has 0 radical (unpaired) electrons. The van der Waals surface area contributed by atoms with E-state index in [4.69, 9.17) is 0 Å². The number of fused-ring (bicyclic) bond motifs is 1. The predicted molar refractivity (Wildman–Crippen MR) is 86.4 cm³/mol. The maximum Gasteiger partial charge on any atom is 0.140 e. The summed E-state index contributed by atoms with van der Waals surface area (Å²) < 4.78 is 2.19. The van der Waals surface area contributed by atoms with Crippen LogP contribution in [0.15, 0.2) is 66.4 Å². The van der Waals surface area contributed by atoms with Gasteiger partial charge in [0.25, 0.3) is 0 Å². The highest BCUT2D eigenvalue weighted by Gasteiger charge is 2.10. The van der Waals surface area contributed by atoms with Gasteiger partial charge < -0.3 is 4.57 Å². The van der Waals surface area contributed by atoms with Gasteiger partial charge in [0.2, 0.25) is 0 Å². The molecular formula is C17H13N3S. The lowest BCUT2D eigenvalue weighted by Gasteiger charge is -2.09. The number of thiophene rings is 1. The van der Waals surface area contributed by atoms with Gasteiger partial charge in [-0.25, -0.2) is 4.98 Å². The van der Waals surface area contributed by atoms with E-state index in [0.29, 0.717) is 0 Å². The van der Waals surface area contributed by atoms with Crippen molar-refractivity contribution in [2.45, 2.75) is 6.54 Å². The second-order valence-electron chi connectivity index (χ2n) is 4.83. The Morgan fingerprint density at radius 2 is 1.90 bits per heavy atom. The summed E-state index contributed by atoms with van der Waals surface area (Å²) >= 11 is 1.77. The molecule has 0 N–H and O–H groups in total. The first-order valence-electron chi connectivity index (χ1n) is 6.79. The number of benzene rings is 1. The van der Waals surface area contributed by atoms with E-state index in [1.165, 1.54) is 4.88 Å². The number of pyridine rings is 1. The Morgan fingerprint density at radius 3 is 2.81 bits per heavy atom. The van der Waals surface area contributed by atoms with Crippen LogP contribution in [-0.2, 0) is 6.54 Å². The zero-order chi connectivity index (χ0) is 14.1. The molecule has 4 rings (SSSR count). The Hall–Kier alpha value is -2.46. The van der Waals surface area contributed by atoms with Crippen LogP contribution in [0.1, 0.15) is 4.88 Å². The van der Waals surface area contributed by atoms with Crippen molar-refractivity contribution >= 4 is 22.2 Å². The van der Waals surface area contributed by atoms with Crippen LogP contribution in [0.2, 0.25) is 0 Å². The Kier molecular flexibility index (Phi) is 3.01. The molecule has 0 spiro atoms. The van der Waals surface area contributed by atoms with E-state index >= 15 is 0 Å². The zero-order valence-electron chi connectivity index (χ0n) is 11.3. The summed E-state index contributed by atoms with van der Waals surface area (Å²) in [5.74, 6) is 0.988. The lowest BCUT2D eigenvalue weighted by atomic mass is 10.1. The summed E-state index contributed by atoms with van der Waals surface area (Å²) in [5.41, 5.74) is 2.13. The quantitative estimate of drug-likeness (QED) is 0.566. The zero-order valence-corrected chi connectivity index (χ0v) is 12.1. The van der Waals surface area contributed by atoms with Gasteiger partial charge in [-0.15, -0.1) is 11.3 Å². The average molecular weight is 291 g/mol. The van der Waals surface area contributed by atoms with Gasteiger partial charge in [-0.2, -0.15) is 0 Å². The SMILES string of the molecule is c1csc(Cn2ccnc2-c2ccnc3ccccc23)c1. The lowest BCUT2D eigenvalue weighted by molar-refractivity contribution is 0.820. The monoisotopic (exact) mass is 291 g/mol. The number of imidazole rings is 1. The smallest absolute Gasteiger partial charge is 0.140 e. The average Bonchev–Trinajstić information content (AvgIpc) is 3.19. The molecule has 0 unspecified atom stereocenters. The Labute approximate surface area is 126 Å². The van der Waals surface area contributed by atoms with Crippen molar-refractivity contribution in [2.24, 2.45) is 0 Å². The molecule has 0 bridgehead atoms. The van der Waals surface area contributed by atoms with Crippen LogP contribution in [0.4, 0.5) is 0 Å². The minimum absolute atomic E-state index is 0.851. The molecule has 0 saturated heterocycles. The fourth-order valence-electron chi connectivity index (χ4n) is 2.54. The molecule has 1 aromatic carbocycles. The third-order valence-corrected chi connectivity index (χ3v) is 4.37. The largest absolute Gasteiger partial charge is 0.326 e. The first kappa shape index (κ1) is 12.3. The van der Waals surface area contributed by atoms with Gasteiger partial charge in [-0.05, 0) is 23.6 Å². The fraction of sp³-hybridized carbons (Fsp3) is 0.0588. The van der Waals surface area contributed by atoms with Crippen molar-refractivity contribution in [3.05, 3.63) is 71.3 Å². The van der Waals surface area contributed by atoms with Gasteiger partial charge >= 0.3 is 0 Å². The maximum atomic E-state index is 4.56. The maximum absolute atomic E-state index is 4.56. The van der Waals surface area contributed by atoms with Crippen molar-refractivity contribution in [1.29, 1.82) is 0 Å². The molecule has 0 aliphatic rings. The molecule has 102 valence electrons. The van der Waals surface area contributed by atoms with Crippen LogP contribution in [0, 0.1) is 0 Å². The molecular weight excluding hydrogens is 278 g/mol. The molecule has 4 aromatic rings. The standard InChI is InChI=1S/C17H13N3S/c1-2-6-16-14(5-1)15(7-8-18-16)17-19-9-10-20(17)12-13-4-3-11-21-13/h1-11H,12H2. The van der Waals surface area contributed by atoms with Crippen molar-refractivity contribution in [3.63, 3.8) is 0 Å². The minimum Gasteiger partial charge on any atom is -0.326 e. The van der Waals surface area contributed by atoms with Crippen LogP contribution in [-0.4, -0.2) is 14.5 Å². The molecule has 0 aliphatic carbocycles. The first-order chi connectivity index (χ1) is 10.4. The molecule has 0 amide bonds. The van der Waals surface area contributed by atoms with Gasteiger partial charge in [0.1, 0.15) is 5.82 Å². The fourth-order valence-corrected chi connectivity index (χ4v) is 3.24. The van der Waals surface area contributed by atoms with E-state index in [1.807, 2.05) is 42.9 Å². The third kappa shape index (κ3) is 2.23. The van der Waals surface area contributed by atoms with Crippen molar-refractivity contribution in [3.8, 4) is 11.4 Å². The van der Waals surface area contributed by atoms with Crippen LogP contribution < -0.4 is 0 Å². The molecule has 0 atom stereocenters. The molecule has 0 aliphatic heterocycles. The summed E-state index contributed by atoms with van der Waals surface area (Å²) in [6.07, 6.45) is 5.74. The topological polar surface area (TPSA) is 30.7 Å². The minimum atomic E-state index is 0.851. The van der Waals surface area contributed by atoms with E-state index in [1.54, 1.807) is 11.3 Å². The van der Waals surface area contributed by atoms with Crippen LogP contribution in [0.25, 0.3) is 22.3 Å². The van der Waals surface area contributed by atoms with E-state index in [2.05, 4.69) is 38.1 Å². The molecule has 0 fully saturated rings. The van der Waals surface area contributed by atoms with E-state index < -0.39 is 0 Å². The highest BCUT2D eigenvalue weighted by molar-refractivity contribution is 7.09. The molecule has 21 heavy (non-hydrogen) atoms. The van der Waals surface area contributed by atoms with Crippen molar-refractivity contribution in [2.75, 3.05) is 0 Å².